The number of hydrogen-bond donors (Lipinski definition) is 0. The first-order valence-electron chi connectivity index (χ1n) is 10.2. The number of pyridine rings is 1. The van der Waals surface area contributed by atoms with Gasteiger partial charge in [0.15, 0.2) is 0 Å². The Kier molecular flexibility index (Phi) is 8.03. The highest BCUT2D eigenvalue weighted by Gasteiger charge is 2.09. The van der Waals surface area contributed by atoms with Gasteiger partial charge in [-0.05, 0) is 65.4 Å². The molecule has 2 aromatic carbocycles. The van der Waals surface area contributed by atoms with Crippen LogP contribution in [0.1, 0.15) is 29.3 Å². The second-order valence-electron chi connectivity index (χ2n) is 7.29. The maximum Gasteiger partial charge on any atom is 0.228 e. The van der Waals surface area contributed by atoms with E-state index in [0.29, 0.717) is 12.5 Å². The summed E-state index contributed by atoms with van der Waals surface area (Å²) >= 11 is 3.57. The minimum absolute atomic E-state index is 0.478. The Labute approximate surface area is 187 Å². The highest BCUT2D eigenvalue weighted by Crippen LogP contribution is 2.30. The fourth-order valence-electron chi connectivity index (χ4n) is 2.98. The van der Waals surface area contributed by atoms with E-state index in [2.05, 4.69) is 87.4 Å². The van der Waals surface area contributed by atoms with Crippen molar-refractivity contribution in [2.45, 2.75) is 33.3 Å². The van der Waals surface area contributed by atoms with Crippen LogP contribution in [-0.4, -0.2) is 29.8 Å². The molecular formula is C25H28BrN3O. The van der Waals surface area contributed by atoms with E-state index in [9.17, 15) is 0 Å². The van der Waals surface area contributed by atoms with E-state index < -0.39 is 0 Å². The smallest absolute Gasteiger partial charge is 0.228 e. The molecule has 3 aromatic rings. The Morgan fingerprint density at radius 1 is 1.00 bits per heavy atom. The van der Waals surface area contributed by atoms with Crippen LogP contribution in [0, 0.1) is 6.92 Å². The van der Waals surface area contributed by atoms with Crippen molar-refractivity contribution in [2.24, 2.45) is 4.99 Å². The minimum atomic E-state index is 0.478. The van der Waals surface area contributed by atoms with Gasteiger partial charge in [-0.1, -0.05) is 54.6 Å². The number of rotatable bonds is 9. The van der Waals surface area contributed by atoms with Gasteiger partial charge < -0.3 is 9.64 Å². The fourth-order valence-corrected chi connectivity index (χ4v) is 3.40. The number of aromatic nitrogens is 1. The summed E-state index contributed by atoms with van der Waals surface area (Å²) in [4.78, 5) is 11.1. The van der Waals surface area contributed by atoms with Crippen molar-refractivity contribution in [1.82, 2.24) is 9.88 Å². The van der Waals surface area contributed by atoms with Gasteiger partial charge in [0.1, 0.15) is 6.61 Å². The van der Waals surface area contributed by atoms with Gasteiger partial charge in [0.25, 0.3) is 0 Å². The SMILES string of the molecule is CCN(C)/C=N/c1cc(Br)c(OCc2cccc(CCc3ccccc3)c2)nc1C. The van der Waals surface area contributed by atoms with Gasteiger partial charge in [-0.25, -0.2) is 9.98 Å². The monoisotopic (exact) mass is 465 g/mol. The third-order valence-electron chi connectivity index (χ3n) is 4.91. The van der Waals surface area contributed by atoms with E-state index in [-0.39, 0.29) is 0 Å². The average molecular weight is 466 g/mol. The molecule has 0 N–H and O–H groups in total. The van der Waals surface area contributed by atoms with Crippen LogP contribution in [0.3, 0.4) is 0 Å². The van der Waals surface area contributed by atoms with Crippen LogP contribution in [0.25, 0.3) is 0 Å². The molecule has 0 atom stereocenters. The van der Waals surface area contributed by atoms with Crippen molar-refractivity contribution < 1.29 is 4.74 Å². The van der Waals surface area contributed by atoms with Crippen LogP contribution >= 0.6 is 15.9 Å². The molecule has 1 aromatic heterocycles. The molecule has 0 spiro atoms. The summed E-state index contributed by atoms with van der Waals surface area (Å²) in [5.74, 6) is 0.588. The molecule has 0 saturated carbocycles. The molecule has 0 aliphatic heterocycles. The predicted octanol–water partition coefficient (Wildman–Crippen LogP) is 6.13. The number of hydrogen-bond acceptors (Lipinski definition) is 3. The van der Waals surface area contributed by atoms with Gasteiger partial charge in [-0.15, -0.1) is 0 Å². The molecule has 0 bridgehead atoms. The third kappa shape index (κ3) is 6.42. The quantitative estimate of drug-likeness (QED) is 0.281. The molecule has 3 rings (SSSR count). The lowest BCUT2D eigenvalue weighted by Crippen LogP contribution is -2.14. The molecule has 4 nitrogen and oxygen atoms in total. The first-order valence-corrected chi connectivity index (χ1v) is 11.0. The van der Waals surface area contributed by atoms with Crippen LogP contribution < -0.4 is 4.74 Å². The number of ether oxygens (including phenoxy) is 1. The first-order chi connectivity index (χ1) is 14.5. The summed E-state index contributed by atoms with van der Waals surface area (Å²) < 4.78 is 6.81. The van der Waals surface area contributed by atoms with Crippen molar-refractivity contribution in [2.75, 3.05) is 13.6 Å². The molecule has 30 heavy (non-hydrogen) atoms. The van der Waals surface area contributed by atoms with Gasteiger partial charge in [0.2, 0.25) is 5.88 Å². The van der Waals surface area contributed by atoms with Gasteiger partial charge in [-0.2, -0.15) is 0 Å². The normalized spacial score (nSPS) is 11.1. The fraction of sp³-hybridized carbons (Fsp3) is 0.280. The lowest BCUT2D eigenvalue weighted by molar-refractivity contribution is 0.291. The van der Waals surface area contributed by atoms with Gasteiger partial charge in [-0.3, -0.25) is 0 Å². The molecule has 5 heteroatoms. The Morgan fingerprint density at radius 2 is 1.70 bits per heavy atom. The van der Waals surface area contributed by atoms with Crippen LogP contribution in [0.15, 0.2) is 70.1 Å². The maximum absolute atomic E-state index is 6.00. The van der Waals surface area contributed by atoms with Gasteiger partial charge in [0.05, 0.1) is 22.2 Å². The number of aryl methyl sites for hydroxylation is 3. The van der Waals surface area contributed by atoms with E-state index in [4.69, 9.17) is 4.74 Å². The zero-order valence-corrected chi connectivity index (χ0v) is 19.4. The van der Waals surface area contributed by atoms with Gasteiger partial charge >= 0.3 is 0 Å². The summed E-state index contributed by atoms with van der Waals surface area (Å²) in [6.07, 6.45) is 3.86. The molecule has 0 unspecified atom stereocenters. The molecule has 0 aliphatic rings. The van der Waals surface area contributed by atoms with Crippen LogP contribution in [-0.2, 0) is 19.4 Å². The molecule has 0 radical (unpaired) electrons. The molecular weight excluding hydrogens is 438 g/mol. The lowest BCUT2D eigenvalue weighted by atomic mass is 10.0. The van der Waals surface area contributed by atoms with E-state index in [1.165, 1.54) is 11.1 Å². The average Bonchev–Trinajstić information content (AvgIpc) is 2.77. The van der Waals surface area contributed by atoms with E-state index in [1.807, 2.05) is 31.3 Å². The van der Waals surface area contributed by atoms with Crippen LogP contribution in [0.2, 0.25) is 0 Å². The molecule has 0 amide bonds. The highest BCUT2D eigenvalue weighted by atomic mass is 79.9. The summed E-state index contributed by atoms with van der Waals surface area (Å²) in [7, 11) is 1.99. The minimum Gasteiger partial charge on any atom is -0.472 e. The molecule has 0 saturated heterocycles. The molecule has 0 fully saturated rings. The first kappa shape index (κ1) is 22.0. The summed E-state index contributed by atoms with van der Waals surface area (Å²) in [5.41, 5.74) is 5.48. The number of benzene rings is 2. The summed E-state index contributed by atoms with van der Waals surface area (Å²) in [6.45, 7) is 5.41. The maximum atomic E-state index is 6.00. The zero-order valence-electron chi connectivity index (χ0n) is 17.8. The van der Waals surface area contributed by atoms with Crippen molar-refractivity contribution >= 4 is 28.0 Å². The van der Waals surface area contributed by atoms with Crippen molar-refractivity contribution in [3.8, 4) is 5.88 Å². The zero-order chi connectivity index (χ0) is 21.3. The Bertz CT molecular complexity index is 989. The predicted molar refractivity (Wildman–Crippen MR) is 128 cm³/mol. The van der Waals surface area contributed by atoms with Crippen molar-refractivity contribution in [3.05, 3.63) is 87.5 Å². The van der Waals surface area contributed by atoms with Crippen LogP contribution in [0.4, 0.5) is 5.69 Å². The Balaban J connectivity index is 1.62. The molecule has 1 heterocycles. The molecule has 156 valence electrons. The Hall–Kier alpha value is -2.66. The van der Waals surface area contributed by atoms with Crippen molar-refractivity contribution in [1.29, 1.82) is 0 Å². The van der Waals surface area contributed by atoms with Crippen LogP contribution in [0.5, 0.6) is 5.88 Å². The van der Waals surface area contributed by atoms with E-state index in [1.54, 1.807) is 0 Å². The second kappa shape index (κ2) is 10.9. The topological polar surface area (TPSA) is 37.7 Å². The Morgan fingerprint density at radius 3 is 2.47 bits per heavy atom. The number of aliphatic imine (C=N–C) groups is 1. The molecule has 0 aliphatic carbocycles. The largest absolute Gasteiger partial charge is 0.472 e. The summed E-state index contributed by atoms with van der Waals surface area (Å²) in [5, 5.41) is 0. The summed E-state index contributed by atoms with van der Waals surface area (Å²) in [6, 6.07) is 21.1. The lowest BCUT2D eigenvalue weighted by Gasteiger charge is -2.12. The van der Waals surface area contributed by atoms with E-state index in [0.717, 1.165) is 40.8 Å². The van der Waals surface area contributed by atoms with Crippen molar-refractivity contribution in [3.63, 3.8) is 0 Å². The number of halogens is 1. The standard InChI is InChI=1S/C25H28BrN3O/c1-4-29(3)18-27-24-16-23(26)25(28-19(24)2)30-17-22-12-8-11-21(15-22)14-13-20-9-6-5-7-10-20/h5-12,15-16,18H,4,13-14,17H2,1-3H3/b27-18+. The second-order valence-corrected chi connectivity index (χ2v) is 8.15. The highest BCUT2D eigenvalue weighted by molar-refractivity contribution is 9.10. The van der Waals surface area contributed by atoms with E-state index >= 15 is 0 Å². The van der Waals surface area contributed by atoms with Gasteiger partial charge in [0, 0.05) is 13.6 Å². The third-order valence-corrected chi connectivity index (χ3v) is 5.48. The number of nitrogens with zero attached hydrogens (tertiary/aromatic N) is 3.